The normalized spacial score (nSPS) is 12.2. The number of anilines is 1. The van der Waals surface area contributed by atoms with Crippen LogP contribution in [0.1, 0.15) is 32.7 Å². The monoisotopic (exact) mass is 283 g/mol. The van der Waals surface area contributed by atoms with Crippen LogP contribution in [0.4, 0.5) is 5.13 Å². The topological polar surface area (TPSA) is 79.8 Å². The van der Waals surface area contributed by atoms with Gasteiger partial charge >= 0.3 is 0 Å². The first-order chi connectivity index (χ1) is 8.60. The fraction of sp³-hybridized carbons (Fsp3) is 0.400. The Labute approximate surface area is 112 Å². The van der Waals surface area contributed by atoms with Gasteiger partial charge in [0.2, 0.25) is 10.1 Å². The molecule has 2 rings (SSSR count). The lowest BCUT2D eigenvalue weighted by Gasteiger charge is -2.08. The van der Waals surface area contributed by atoms with E-state index in [2.05, 4.69) is 25.8 Å². The average molecular weight is 283 g/mol. The first kappa shape index (κ1) is 12.9. The molecule has 1 unspecified atom stereocenters. The molecule has 0 saturated carbocycles. The SMILES string of the molecule is CNc1nnc(C(=O)NC(C)c2ncc(C)s2)s1. The van der Waals surface area contributed by atoms with Crippen molar-refractivity contribution >= 4 is 33.7 Å². The summed E-state index contributed by atoms with van der Waals surface area (Å²) >= 11 is 2.79. The molecule has 0 aliphatic heterocycles. The molecule has 18 heavy (non-hydrogen) atoms. The summed E-state index contributed by atoms with van der Waals surface area (Å²) in [4.78, 5) is 17.3. The van der Waals surface area contributed by atoms with Crippen LogP contribution in [-0.4, -0.2) is 28.1 Å². The van der Waals surface area contributed by atoms with E-state index in [4.69, 9.17) is 0 Å². The molecule has 0 bridgehead atoms. The molecule has 2 aromatic heterocycles. The maximum Gasteiger partial charge on any atom is 0.282 e. The highest BCUT2D eigenvalue weighted by Gasteiger charge is 2.17. The van der Waals surface area contributed by atoms with Crippen molar-refractivity contribution in [3.63, 3.8) is 0 Å². The molecule has 6 nitrogen and oxygen atoms in total. The molecule has 0 spiro atoms. The van der Waals surface area contributed by atoms with E-state index < -0.39 is 0 Å². The average Bonchev–Trinajstić information content (AvgIpc) is 2.97. The highest BCUT2D eigenvalue weighted by Crippen LogP contribution is 2.20. The van der Waals surface area contributed by atoms with Crippen molar-refractivity contribution in [1.82, 2.24) is 20.5 Å². The van der Waals surface area contributed by atoms with Crippen molar-refractivity contribution in [2.75, 3.05) is 12.4 Å². The minimum absolute atomic E-state index is 0.127. The Balaban J connectivity index is 2.02. The smallest absolute Gasteiger partial charge is 0.282 e. The molecule has 96 valence electrons. The predicted molar refractivity (Wildman–Crippen MR) is 72.2 cm³/mol. The Kier molecular flexibility index (Phi) is 3.87. The molecule has 8 heteroatoms. The summed E-state index contributed by atoms with van der Waals surface area (Å²) in [7, 11) is 1.74. The van der Waals surface area contributed by atoms with Crippen LogP contribution in [0, 0.1) is 6.92 Å². The largest absolute Gasteiger partial charge is 0.363 e. The van der Waals surface area contributed by atoms with Crippen LogP contribution in [0.5, 0.6) is 0 Å². The van der Waals surface area contributed by atoms with Gasteiger partial charge in [0.25, 0.3) is 5.91 Å². The van der Waals surface area contributed by atoms with Gasteiger partial charge in [-0.25, -0.2) is 4.98 Å². The number of nitrogens with one attached hydrogen (secondary N) is 2. The summed E-state index contributed by atoms with van der Waals surface area (Å²) in [6, 6.07) is -0.127. The molecule has 2 heterocycles. The number of nitrogens with zero attached hydrogens (tertiary/aromatic N) is 3. The highest BCUT2D eigenvalue weighted by molar-refractivity contribution is 7.17. The third-order valence-electron chi connectivity index (χ3n) is 2.19. The Morgan fingerprint density at radius 1 is 1.39 bits per heavy atom. The minimum atomic E-state index is -0.227. The van der Waals surface area contributed by atoms with Gasteiger partial charge in [0.15, 0.2) is 0 Å². The standard InChI is InChI=1S/C10H13N5OS2/c1-5-4-12-8(17-5)6(2)13-7(16)9-14-15-10(11-3)18-9/h4,6H,1-3H3,(H,11,15)(H,13,16). The van der Waals surface area contributed by atoms with Crippen LogP contribution in [0.2, 0.25) is 0 Å². The number of carbonyl (C=O) groups excluding carboxylic acids is 1. The van der Waals surface area contributed by atoms with E-state index in [1.807, 2.05) is 13.8 Å². The van der Waals surface area contributed by atoms with Gasteiger partial charge in [-0.15, -0.1) is 21.5 Å². The number of rotatable bonds is 4. The summed E-state index contributed by atoms with van der Waals surface area (Å²) in [5.74, 6) is -0.227. The molecule has 2 N–H and O–H groups in total. The fourth-order valence-corrected chi connectivity index (χ4v) is 2.69. The Morgan fingerprint density at radius 2 is 2.17 bits per heavy atom. The predicted octanol–water partition coefficient (Wildman–Crippen LogP) is 1.84. The molecular weight excluding hydrogens is 270 g/mol. The van der Waals surface area contributed by atoms with Crippen molar-refractivity contribution in [2.45, 2.75) is 19.9 Å². The van der Waals surface area contributed by atoms with Crippen molar-refractivity contribution in [2.24, 2.45) is 0 Å². The summed E-state index contributed by atoms with van der Waals surface area (Å²) in [5.41, 5.74) is 0. The third-order valence-corrected chi connectivity index (χ3v) is 4.23. The first-order valence-corrected chi connectivity index (χ1v) is 6.98. The number of carbonyl (C=O) groups is 1. The lowest BCUT2D eigenvalue weighted by atomic mass is 10.3. The summed E-state index contributed by atoms with van der Waals surface area (Å²) in [6.45, 7) is 3.88. The van der Waals surface area contributed by atoms with Crippen molar-refractivity contribution in [3.8, 4) is 0 Å². The Bertz CT molecular complexity index is 550. The van der Waals surface area contributed by atoms with Gasteiger partial charge in [-0.2, -0.15) is 0 Å². The van der Waals surface area contributed by atoms with E-state index in [0.717, 1.165) is 9.88 Å². The van der Waals surface area contributed by atoms with Crippen LogP contribution < -0.4 is 10.6 Å². The zero-order valence-electron chi connectivity index (χ0n) is 10.2. The zero-order chi connectivity index (χ0) is 13.1. The highest BCUT2D eigenvalue weighted by atomic mass is 32.1. The molecule has 1 amide bonds. The minimum Gasteiger partial charge on any atom is -0.363 e. The van der Waals surface area contributed by atoms with Gasteiger partial charge in [0.1, 0.15) is 5.01 Å². The molecule has 0 saturated heterocycles. The van der Waals surface area contributed by atoms with E-state index in [1.165, 1.54) is 11.3 Å². The first-order valence-electron chi connectivity index (χ1n) is 5.34. The second-order valence-electron chi connectivity index (χ2n) is 3.67. The zero-order valence-corrected chi connectivity index (χ0v) is 11.9. The lowest BCUT2D eigenvalue weighted by Crippen LogP contribution is -2.26. The molecule has 0 aliphatic rings. The second kappa shape index (κ2) is 5.40. The van der Waals surface area contributed by atoms with Gasteiger partial charge < -0.3 is 10.6 Å². The molecule has 0 aromatic carbocycles. The molecule has 0 radical (unpaired) electrons. The number of amides is 1. The third kappa shape index (κ3) is 2.82. The quantitative estimate of drug-likeness (QED) is 0.895. The summed E-state index contributed by atoms with van der Waals surface area (Å²) < 4.78 is 0. The van der Waals surface area contributed by atoms with Crippen LogP contribution in [0.3, 0.4) is 0 Å². The Hall–Kier alpha value is -1.54. The van der Waals surface area contributed by atoms with E-state index in [9.17, 15) is 4.79 Å². The maximum atomic E-state index is 11.9. The van der Waals surface area contributed by atoms with Gasteiger partial charge in [-0.1, -0.05) is 11.3 Å². The van der Waals surface area contributed by atoms with Gasteiger partial charge in [0.05, 0.1) is 6.04 Å². The Morgan fingerprint density at radius 3 is 2.72 bits per heavy atom. The molecule has 2 aromatic rings. The lowest BCUT2D eigenvalue weighted by molar-refractivity contribution is 0.0938. The number of aryl methyl sites for hydroxylation is 1. The molecule has 1 atom stereocenters. The number of hydrogen-bond acceptors (Lipinski definition) is 7. The fourth-order valence-electron chi connectivity index (χ4n) is 1.31. The van der Waals surface area contributed by atoms with Gasteiger partial charge in [-0.05, 0) is 13.8 Å². The van der Waals surface area contributed by atoms with Crippen molar-refractivity contribution < 1.29 is 4.79 Å². The van der Waals surface area contributed by atoms with Crippen LogP contribution in [0.15, 0.2) is 6.20 Å². The molecular formula is C10H13N5OS2. The van der Waals surface area contributed by atoms with Crippen LogP contribution in [0.25, 0.3) is 0 Å². The number of aromatic nitrogens is 3. The number of hydrogen-bond donors (Lipinski definition) is 2. The van der Waals surface area contributed by atoms with E-state index in [1.54, 1.807) is 24.6 Å². The van der Waals surface area contributed by atoms with E-state index in [-0.39, 0.29) is 11.9 Å². The van der Waals surface area contributed by atoms with Crippen LogP contribution >= 0.6 is 22.7 Å². The number of thiazole rings is 1. The van der Waals surface area contributed by atoms with Gasteiger partial charge in [-0.3, -0.25) is 4.79 Å². The van der Waals surface area contributed by atoms with Crippen molar-refractivity contribution in [3.05, 3.63) is 21.1 Å². The van der Waals surface area contributed by atoms with Crippen LogP contribution in [-0.2, 0) is 0 Å². The summed E-state index contributed by atoms with van der Waals surface area (Å²) in [6.07, 6.45) is 1.80. The van der Waals surface area contributed by atoms with E-state index >= 15 is 0 Å². The second-order valence-corrected chi connectivity index (χ2v) is 5.91. The molecule has 0 fully saturated rings. The summed E-state index contributed by atoms with van der Waals surface area (Å²) in [5, 5.41) is 15.2. The van der Waals surface area contributed by atoms with Gasteiger partial charge in [0, 0.05) is 18.1 Å². The maximum absolute atomic E-state index is 11.9. The molecule has 0 aliphatic carbocycles. The van der Waals surface area contributed by atoms with E-state index in [0.29, 0.717) is 10.1 Å². The van der Waals surface area contributed by atoms with Crippen molar-refractivity contribution in [1.29, 1.82) is 0 Å².